The molecule has 0 radical (unpaired) electrons. The molecule has 0 saturated carbocycles. The van der Waals surface area contributed by atoms with Gasteiger partial charge >= 0.3 is 0 Å². The van der Waals surface area contributed by atoms with Gasteiger partial charge in [0.05, 0.1) is 5.69 Å². The lowest BCUT2D eigenvalue weighted by Gasteiger charge is -2.07. The molecule has 4 heteroatoms. The molecule has 0 unspecified atom stereocenters. The Bertz CT molecular complexity index is 522. The normalized spacial score (nSPS) is 10.9. The highest BCUT2D eigenvalue weighted by Gasteiger charge is 2.04. The van der Waals surface area contributed by atoms with Gasteiger partial charge in [0.1, 0.15) is 12.4 Å². The molecule has 0 aliphatic heterocycles. The summed E-state index contributed by atoms with van der Waals surface area (Å²) in [6, 6.07) is 8.66. The van der Waals surface area contributed by atoms with Crippen LogP contribution in [0.1, 0.15) is 29.3 Å². The maximum Gasteiger partial charge on any atom is 0.141 e. The van der Waals surface area contributed by atoms with Gasteiger partial charge < -0.3 is 10.1 Å². The van der Waals surface area contributed by atoms with E-state index >= 15 is 0 Å². The van der Waals surface area contributed by atoms with E-state index in [0.29, 0.717) is 12.6 Å². The number of hydrogen-bond donors (Lipinski definition) is 1. The number of ether oxygens (including phenoxy) is 1. The lowest BCUT2D eigenvalue weighted by Crippen LogP contribution is -2.21. The SMILES string of the molecule is Cc1ncccc1OCc1ccc(CNC(C)C)s1. The fourth-order valence-electron chi connectivity index (χ4n) is 1.67. The van der Waals surface area contributed by atoms with Crippen LogP contribution in [0.2, 0.25) is 0 Å². The van der Waals surface area contributed by atoms with E-state index in [2.05, 4.69) is 36.3 Å². The van der Waals surface area contributed by atoms with Crippen LogP contribution < -0.4 is 10.1 Å². The van der Waals surface area contributed by atoms with Crippen molar-refractivity contribution in [2.75, 3.05) is 0 Å². The lowest BCUT2D eigenvalue weighted by atomic mass is 10.3. The molecule has 2 aromatic heterocycles. The minimum absolute atomic E-state index is 0.514. The number of pyridine rings is 1. The van der Waals surface area contributed by atoms with Gasteiger partial charge in [-0.3, -0.25) is 4.98 Å². The van der Waals surface area contributed by atoms with Crippen molar-refractivity contribution in [1.29, 1.82) is 0 Å². The maximum absolute atomic E-state index is 5.79. The molecule has 0 aliphatic rings. The van der Waals surface area contributed by atoms with Gasteiger partial charge in [0, 0.05) is 28.5 Å². The van der Waals surface area contributed by atoms with Crippen molar-refractivity contribution >= 4 is 11.3 Å². The predicted octanol–water partition coefficient (Wildman–Crippen LogP) is 3.53. The van der Waals surface area contributed by atoms with Crippen molar-refractivity contribution in [1.82, 2.24) is 10.3 Å². The summed E-state index contributed by atoms with van der Waals surface area (Å²) in [5.41, 5.74) is 0.931. The van der Waals surface area contributed by atoms with Gasteiger partial charge in [-0.05, 0) is 31.2 Å². The molecule has 1 N–H and O–H groups in total. The number of rotatable bonds is 6. The first-order valence-electron chi connectivity index (χ1n) is 6.50. The van der Waals surface area contributed by atoms with E-state index in [1.165, 1.54) is 9.75 Å². The Morgan fingerprint density at radius 2 is 2.05 bits per heavy atom. The molecule has 0 atom stereocenters. The molecule has 0 bridgehead atoms. The molecule has 2 aromatic rings. The van der Waals surface area contributed by atoms with Gasteiger partial charge in [-0.25, -0.2) is 0 Å². The standard InChI is InChI=1S/C15H20N2OS/c1-11(2)17-9-13-6-7-14(19-13)10-18-15-5-4-8-16-12(15)3/h4-8,11,17H,9-10H2,1-3H3. The van der Waals surface area contributed by atoms with E-state index < -0.39 is 0 Å². The van der Waals surface area contributed by atoms with Crippen LogP contribution in [-0.2, 0) is 13.2 Å². The van der Waals surface area contributed by atoms with Crippen LogP contribution in [0.5, 0.6) is 5.75 Å². The second-order valence-corrected chi connectivity index (χ2v) is 6.03. The molecular weight excluding hydrogens is 256 g/mol. The highest BCUT2D eigenvalue weighted by molar-refractivity contribution is 7.11. The van der Waals surface area contributed by atoms with Crippen LogP contribution in [0.25, 0.3) is 0 Å². The maximum atomic E-state index is 5.79. The minimum atomic E-state index is 0.514. The van der Waals surface area contributed by atoms with Crippen molar-refractivity contribution in [3.63, 3.8) is 0 Å². The highest BCUT2D eigenvalue weighted by atomic mass is 32.1. The zero-order valence-electron chi connectivity index (χ0n) is 11.6. The number of nitrogens with one attached hydrogen (secondary N) is 1. The van der Waals surface area contributed by atoms with Crippen molar-refractivity contribution < 1.29 is 4.74 Å². The fraction of sp³-hybridized carbons (Fsp3) is 0.400. The first-order valence-corrected chi connectivity index (χ1v) is 7.32. The molecular formula is C15H20N2OS. The molecule has 0 aromatic carbocycles. The Labute approximate surface area is 118 Å². The summed E-state index contributed by atoms with van der Waals surface area (Å²) >= 11 is 1.79. The number of aryl methyl sites for hydroxylation is 1. The Balaban J connectivity index is 1.88. The quantitative estimate of drug-likeness (QED) is 0.876. The molecule has 2 heterocycles. The van der Waals surface area contributed by atoms with E-state index in [-0.39, 0.29) is 0 Å². The van der Waals surface area contributed by atoms with Crippen LogP contribution in [0.3, 0.4) is 0 Å². The van der Waals surface area contributed by atoms with Gasteiger partial charge in [-0.15, -0.1) is 11.3 Å². The summed E-state index contributed by atoms with van der Waals surface area (Å²) in [6.45, 7) is 7.81. The monoisotopic (exact) mass is 276 g/mol. The summed E-state index contributed by atoms with van der Waals surface area (Å²) in [7, 11) is 0. The van der Waals surface area contributed by atoms with E-state index in [9.17, 15) is 0 Å². The van der Waals surface area contributed by atoms with Crippen LogP contribution >= 0.6 is 11.3 Å². The molecule has 0 aliphatic carbocycles. The zero-order valence-corrected chi connectivity index (χ0v) is 12.5. The van der Waals surface area contributed by atoms with E-state index in [4.69, 9.17) is 4.74 Å². The molecule has 0 fully saturated rings. The molecule has 3 nitrogen and oxygen atoms in total. The van der Waals surface area contributed by atoms with Crippen molar-refractivity contribution in [3.05, 3.63) is 45.9 Å². The van der Waals surface area contributed by atoms with E-state index in [1.54, 1.807) is 17.5 Å². The summed E-state index contributed by atoms with van der Waals surface area (Å²) < 4.78 is 5.79. The molecule has 102 valence electrons. The van der Waals surface area contributed by atoms with Gasteiger partial charge in [0.15, 0.2) is 0 Å². The van der Waals surface area contributed by atoms with Crippen LogP contribution in [0, 0.1) is 6.92 Å². The number of thiophene rings is 1. The van der Waals surface area contributed by atoms with E-state index in [0.717, 1.165) is 18.0 Å². The number of nitrogens with zero attached hydrogens (tertiary/aromatic N) is 1. The fourth-order valence-corrected chi connectivity index (χ4v) is 2.55. The second-order valence-electron chi connectivity index (χ2n) is 4.78. The number of hydrogen-bond acceptors (Lipinski definition) is 4. The minimum Gasteiger partial charge on any atom is -0.486 e. The van der Waals surface area contributed by atoms with Crippen LogP contribution in [0.15, 0.2) is 30.5 Å². The van der Waals surface area contributed by atoms with Crippen LogP contribution in [0.4, 0.5) is 0 Å². The average Bonchev–Trinajstić information content (AvgIpc) is 2.83. The first-order chi connectivity index (χ1) is 9.15. The molecule has 0 spiro atoms. The topological polar surface area (TPSA) is 34.1 Å². The summed E-state index contributed by atoms with van der Waals surface area (Å²) in [5, 5.41) is 3.42. The Morgan fingerprint density at radius 3 is 2.79 bits per heavy atom. The average molecular weight is 276 g/mol. The van der Waals surface area contributed by atoms with Gasteiger partial charge in [-0.2, -0.15) is 0 Å². The Morgan fingerprint density at radius 1 is 1.26 bits per heavy atom. The van der Waals surface area contributed by atoms with Crippen LogP contribution in [-0.4, -0.2) is 11.0 Å². The van der Waals surface area contributed by atoms with Gasteiger partial charge in [0.25, 0.3) is 0 Å². The smallest absolute Gasteiger partial charge is 0.141 e. The third kappa shape index (κ3) is 4.33. The predicted molar refractivity (Wildman–Crippen MR) is 79.6 cm³/mol. The molecule has 2 rings (SSSR count). The van der Waals surface area contributed by atoms with E-state index in [1.807, 2.05) is 19.1 Å². The lowest BCUT2D eigenvalue weighted by molar-refractivity contribution is 0.306. The summed E-state index contributed by atoms with van der Waals surface area (Å²) in [4.78, 5) is 6.80. The molecule has 19 heavy (non-hydrogen) atoms. The van der Waals surface area contributed by atoms with Crippen molar-refractivity contribution in [2.24, 2.45) is 0 Å². The summed E-state index contributed by atoms with van der Waals surface area (Å²) in [5.74, 6) is 0.859. The first kappa shape index (κ1) is 14.0. The van der Waals surface area contributed by atoms with Crippen molar-refractivity contribution in [3.8, 4) is 5.75 Å². The zero-order chi connectivity index (χ0) is 13.7. The molecule has 0 amide bonds. The van der Waals surface area contributed by atoms with Gasteiger partial charge in [0.2, 0.25) is 0 Å². The highest BCUT2D eigenvalue weighted by Crippen LogP contribution is 2.20. The summed E-state index contributed by atoms with van der Waals surface area (Å²) in [6.07, 6.45) is 1.78. The number of aromatic nitrogens is 1. The Hall–Kier alpha value is -1.39. The molecule has 0 saturated heterocycles. The Kier molecular flexibility index (Phi) is 4.93. The van der Waals surface area contributed by atoms with Crippen molar-refractivity contribution in [2.45, 2.75) is 40.0 Å². The third-order valence-corrected chi connectivity index (χ3v) is 3.79. The second kappa shape index (κ2) is 6.68. The largest absolute Gasteiger partial charge is 0.486 e. The van der Waals surface area contributed by atoms with Gasteiger partial charge in [-0.1, -0.05) is 13.8 Å². The third-order valence-electron chi connectivity index (χ3n) is 2.73.